The van der Waals surface area contributed by atoms with Gasteiger partial charge in [-0.1, -0.05) is 0 Å². The van der Waals surface area contributed by atoms with Crippen molar-refractivity contribution in [2.45, 2.75) is 57.5 Å². The van der Waals surface area contributed by atoms with Crippen LogP contribution < -0.4 is 25.2 Å². The Morgan fingerprint density at radius 1 is 1.14 bits per heavy atom. The highest BCUT2D eigenvalue weighted by Gasteiger charge is 2.24. The molecule has 0 spiro atoms. The maximum atomic E-state index is 13.1. The second kappa shape index (κ2) is 11.9. The molecule has 2 aromatic carbocycles. The van der Waals surface area contributed by atoms with E-state index >= 15 is 0 Å². The van der Waals surface area contributed by atoms with E-state index in [1.165, 1.54) is 6.07 Å². The van der Waals surface area contributed by atoms with Crippen molar-refractivity contribution in [1.82, 2.24) is 4.90 Å². The van der Waals surface area contributed by atoms with Crippen LogP contribution in [0.15, 0.2) is 41.3 Å². The summed E-state index contributed by atoms with van der Waals surface area (Å²) in [4.78, 5) is 15.5. The Kier molecular flexibility index (Phi) is 9.21. The Labute approximate surface area is 214 Å². The summed E-state index contributed by atoms with van der Waals surface area (Å²) in [5, 5.41) is 11.5. The smallest absolute Gasteiger partial charge is 0.238 e. The van der Waals surface area contributed by atoms with Gasteiger partial charge in [-0.3, -0.25) is 9.69 Å². The molecule has 0 saturated carbocycles. The summed E-state index contributed by atoms with van der Waals surface area (Å²) in [6.45, 7) is 10.4. The van der Waals surface area contributed by atoms with Crippen LogP contribution in [-0.4, -0.2) is 58.1 Å². The Morgan fingerprint density at radius 3 is 2.50 bits per heavy atom. The van der Waals surface area contributed by atoms with Crippen molar-refractivity contribution in [3.63, 3.8) is 0 Å². The number of hydrogen-bond donors (Lipinski definition) is 3. The number of benzene rings is 2. The van der Waals surface area contributed by atoms with Crippen LogP contribution in [0.4, 0.5) is 11.4 Å². The molecule has 1 amide bonds. The van der Waals surface area contributed by atoms with Crippen LogP contribution in [0.5, 0.6) is 11.5 Å². The molecule has 0 bridgehead atoms. The lowest BCUT2D eigenvalue weighted by atomic mass is 10.00. The van der Waals surface area contributed by atoms with Crippen molar-refractivity contribution in [3.05, 3.63) is 42.0 Å². The number of carbonyl (C=O) groups excluding carboxylic acids is 1. The monoisotopic (exact) mass is 518 g/mol. The third-order valence-electron chi connectivity index (χ3n) is 6.44. The molecule has 1 aliphatic heterocycles. The lowest BCUT2D eigenvalue weighted by molar-refractivity contribution is -0.119. The van der Waals surface area contributed by atoms with E-state index in [1.807, 2.05) is 0 Å². The Hall–Kier alpha value is -2.82. The van der Waals surface area contributed by atoms with Crippen molar-refractivity contribution in [3.8, 4) is 11.5 Å². The van der Waals surface area contributed by atoms with Crippen molar-refractivity contribution < 1.29 is 22.7 Å². The van der Waals surface area contributed by atoms with Gasteiger partial charge in [0, 0.05) is 42.6 Å². The van der Waals surface area contributed by atoms with E-state index in [9.17, 15) is 13.2 Å². The van der Waals surface area contributed by atoms with Gasteiger partial charge in [-0.05, 0) is 76.4 Å². The number of carbonyl (C=O) groups is 1. The Bertz CT molecular complexity index is 1160. The van der Waals surface area contributed by atoms with Gasteiger partial charge in [-0.15, -0.1) is 0 Å². The molecular formula is C26H38N4O5S. The van der Waals surface area contributed by atoms with E-state index in [4.69, 9.17) is 14.6 Å². The molecule has 0 fully saturated rings. The highest BCUT2D eigenvalue weighted by atomic mass is 32.2. The number of nitrogens with zero attached hydrogens (tertiary/aromatic N) is 1. The van der Waals surface area contributed by atoms with Crippen molar-refractivity contribution in [2.75, 3.05) is 37.4 Å². The summed E-state index contributed by atoms with van der Waals surface area (Å²) in [5.41, 5.74) is 2.27. The molecule has 0 saturated heterocycles. The predicted octanol–water partition coefficient (Wildman–Crippen LogP) is 3.45. The number of rotatable bonds is 10. The second-order valence-corrected chi connectivity index (χ2v) is 11.2. The van der Waals surface area contributed by atoms with Crippen LogP contribution in [0, 0.1) is 5.92 Å². The average Bonchev–Trinajstić information content (AvgIpc) is 3.03. The van der Waals surface area contributed by atoms with Gasteiger partial charge >= 0.3 is 0 Å². The average molecular weight is 519 g/mol. The van der Waals surface area contributed by atoms with Crippen molar-refractivity contribution in [2.24, 2.45) is 11.1 Å². The number of hydrogen-bond acceptors (Lipinski definition) is 7. The number of nitrogens with two attached hydrogens (primary N) is 1. The van der Waals surface area contributed by atoms with Gasteiger partial charge in [0.2, 0.25) is 15.9 Å². The maximum absolute atomic E-state index is 13.1. The molecular weight excluding hydrogens is 480 g/mol. The first-order valence-corrected chi connectivity index (χ1v) is 13.8. The first-order valence-electron chi connectivity index (χ1n) is 12.3. The van der Waals surface area contributed by atoms with Gasteiger partial charge in [-0.2, -0.15) is 0 Å². The zero-order valence-electron chi connectivity index (χ0n) is 21.7. The van der Waals surface area contributed by atoms with Crippen molar-refractivity contribution in [1.29, 1.82) is 0 Å². The van der Waals surface area contributed by atoms with Gasteiger partial charge < -0.3 is 20.1 Å². The number of amides is 1. The van der Waals surface area contributed by atoms with Gasteiger partial charge in [-0.25, -0.2) is 13.6 Å². The third kappa shape index (κ3) is 7.11. The molecule has 0 aliphatic carbocycles. The highest BCUT2D eigenvalue weighted by Crippen LogP contribution is 2.31. The van der Waals surface area contributed by atoms with Gasteiger partial charge in [0.15, 0.2) is 11.5 Å². The number of nitrogens with one attached hydrogen (secondary N) is 2. The van der Waals surface area contributed by atoms with Crippen LogP contribution in [-0.2, 0) is 21.2 Å². The van der Waals surface area contributed by atoms with Crippen LogP contribution in [0.2, 0.25) is 0 Å². The maximum Gasteiger partial charge on any atom is 0.238 e. The summed E-state index contributed by atoms with van der Waals surface area (Å²) < 4.78 is 34.9. The molecule has 1 heterocycles. The molecule has 9 nitrogen and oxygen atoms in total. The van der Waals surface area contributed by atoms with E-state index in [0.29, 0.717) is 55.3 Å². The molecule has 0 aromatic heterocycles. The minimum absolute atomic E-state index is 0.0709. The molecule has 36 heavy (non-hydrogen) atoms. The van der Waals surface area contributed by atoms with E-state index in [-0.39, 0.29) is 16.7 Å². The standard InChI is InChI=1S/C26H38N4O5S/c1-17(2)30(18(3)4)12-13-35-25-15-21(8-11-24(25)34-5)29-26(31)20-7-6-19-14-22(36(27,32)33)9-10-23(19)28-16-20/h8-11,14-15,17-18,20,28H,6-7,12-13,16H2,1-5H3,(H,29,31)(H2,27,32,33). The number of primary sulfonamides is 1. The highest BCUT2D eigenvalue weighted by molar-refractivity contribution is 7.89. The lowest BCUT2D eigenvalue weighted by Crippen LogP contribution is -2.39. The minimum atomic E-state index is -3.78. The summed E-state index contributed by atoms with van der Waals surface area (Å²) in [6.07, 6.45) is 1.13. The molecule has 1 unspecified atom stereocenters. The normalized spacial score (nSPS) is 15.9. The minimum Gasteiger partial charge on any atom is -0.493 e. The van der Waals surface area contributed by atoms with E-state index in [0.717, 1.165) is 17.8 Å². The number of sulfonamides is 1. The van der Waals surface area contributed by atoms with Crippen LogP contribution >= 0.6 is 0 Å². The summed E-state index contributed by atoms with van der Waals surface area (Å²) >= 11 is 0. The summed E-state index contributed by atoms with van der Waals surface area (Å²) in [7, 11) is -2.19. The zero-order valence-corrected chi connectivity index (χ0v) is 22.5. The molecule has 10 heteroatoms. The largest absolute Gasteiger partial charge is 0.493 e. The molecule has 1 atom stereocenters. The zero-order chi connectivity index (χ0) is 26.5. The topological polar surface area (TPSA) is 123 Å². The Morgan fingerprint density at radius 2 is 1.86 bits per heavy atom. The first kappa shape index (κ1) is 27.8. The van der Waals surface area contributed by atoms with Gasteiger partial charge in [0.05, 0.1) is 17.9 Å². The number of methoxy groups -OCH3 is 1. The van der Waals surface area contributed by atoms with Crippen LogP contribution in [0.1, 0.15) is 39.7 Å². The van der Waals surface area contributed by atoms with E-state index in [2.05, 4.69) is 43.2 Å². The van der Waals surface area contributed by atoms with Gasteiger partial charge in [0.1, 0.15) is 6.61 Å². The van der Waals surface area contributed by atoms with E-state index in [1.54, 1.807) is 37.4 Å². The summed E-state index contributed by atoms with van der Waals surface area (Å²) in [6, 6.07) is 10.9. The van der Waals surface area contributed by atoms with Crippen LogP contribution in [0.3, 0.4) is 0 Å². The number of ether oxygens (including phenoxy) is 2. The number of fused-ring (bicyclic) bond motifs is 1. The SMILES string of the molecule is COc1ccc(NC(=O)C2CCc3cc(S(N)(=O)=O)ccc3NC2)cc1OCCN(C(C)C)C(C)C. The first-order chi connectivity index (χ1) is 17.0. The molecule has 2 aromatic rings. The fourth-order valence-corrected chi connectivity index (χ4v) is 5.06. The Balaban J connectivity index is 1.64. The molecule has 1 aliphatic rings. The predicted molar refractivity (Wildman–Crippen MR) is 142 cm³/mol. The number of anilines is 2. The van der Waals surface area contributed by atoms with Crippen LogP contribution in [0.25, 0.3) is 0 Å². The fourth-order valence-electron chi connectivity index (χ4n) is 4.50. The molecule has 198 valence electrons. The molecule has 0 radical (unpaired) electrons. The second-order valence-electron chi connectivity index (χ2n) is 9.61. The molecule has 4 N–H and O–H groups in total. The summed E-state index contributed by atoms with van der Waals surface area (Å²) in [5.74, 6) is 0.756. The van der Waals surface area contributed by atoms with Crippen molar-refractivity contribution >= 4 is 27.3 Å². The third-order valence-corrected chi connectivity index (χ3v) is 7.35. The van der Waals surface area contributed by atoms with Gasteiger partial charge in [0.25, 0.3) is 0 Å². The number of aryl methyl sites for hydroxylation is 1. The quantitative estimate of drug-likeness (QED) is 0.440. The fraction of sp³-hybridized carbons (Fsp3) is 0.500. The molecule has 3 rings (SSSR count). The lowest BCUT2D eigenvalue weighted by Gasteiger charge is -2.30. The van der Waals surface area contributed by atoms with E-state index < -0.39 is 10.0 Å².